The van der Waals surface area contributed by atoms with Gasteiger partial charge in [0.15, 0.2) is 0 Å². The van der Waals surface area contributed by atoms with Crippen molar-refractivity contribution in [2.45, 2.75) is 19.4 Å². The first-order valence-corrected chi connectivity index (χ1v) is 7.36. The summed E-state index contributed by atoms with van der Waals surface area (Å²) >= 11 is 1.70. The summed E-state index contributed by atoms with van der Waals surface area (Å²) in [5, 5.41) is 2.09. The highest BCUT2D eigenvalue weighted by Crippen LogP contribution is 2.33. The third kappa shape index (κ3) is 2.95. The minimum absolute atomic E-state index is 0.0612. The van der Waals surface area contributed by atoms with Crippen LogP contribution in [0.25, 0.3) is 0 Å². The maximum absolute atomic E-state index is 5.78. The maximum Gasteiger partial charge on any atom is 0.122 e. The number of ether oxygens (including phenoxy) is 2. The molecule has 0 amide bonds. The highest BCUT2D eigenvalue weighted by atomic mass is 32.1. The number of hydrogen-bond acceptors (Lipinski definition) is 5. The number of aryl methyl sites for hydroxylation is 1. The molecule has 108 valence electrons. The molecule has 0 spiro atoms. The summed E-state index contributed by atoms with van der Waals surface area (Å²) in [5.41, 5.74) is 5.23. The zero-order valence-corrected chi connectivity index (χ0v) is 12.8. The van der Waals surface area contributed by atoms with Crippen molar-refractivity contribution >= 4 is 11.3 Å². The molecule has 1 unspecified atom stereocenters. The summed E-state index contributed by atoms with van der Waals surface area (Å²) in [6.45, 7) is 2.14. The van der Waals surface area contributed by atoms with Crippen LogP contribution in [0.3, 0.4) is 0 Å². The Bertz CT molecular complexity index is 547. The minimum atomic E-state index is -0.0612. The van der Waals surface area contributed by atoms with Gasteiger partial charge in [-0.3, -0.25) is 5.84 Å². The average Bonchev–Trinajstić information content (AvgIpc) is 2.96. The highest BCUT2D eigenvalue weighted by molar-refractivity contribution is 7.10. The zero-order chi connectivity index (χ0) is 14.5. The quantitative estimate of drug-likeness (QED) is 0.635. The largest absolute Gasteiger partial charge is 0.497 e. The highest BCUT2D eigenvalue weighted by Gasteiger charge is 2.18. The zero-order valence-electron chi connectivity index (χ0n) is 12.0. The Labute approximate surface area is 123 Å². The maximum atomic E-state index is 5.78. The van der Waals surface area contributed by atoms with Gasteiger partial charge < -0.3 is 9.47 Å². The molecule has 0 bridgehead atoms. The van der Waals surface area contributed by atoms with Crippen LogP contribution in [0.1, 0.15) is 29.0 Å². The molecule has 0 saturated heterocycles. The van der Waals surface area contributed by atoms with Crippen molar-refractivity contribution in [2.24, 2.45) is 5.84 Å². The standard InChI is InChI=1S/C15H20N2O2S/c1-4-10-5-6-20-15(10)14(17-16)11-7-12(18-2)9-13(8-11)19-3/h5-9,14,17H,4,16H2,1-3H3. The fraction of sp³-hybridized carbons (Fsp3) is 0.333. The van der Waals surface area contributed by atoms with Gasteiger partial charge in [0.25, 0.3) is 0 Å². The van der Waals surface area contributed by atoms with Gasteiger partial charge in [-0.2, -0.15) is 0 Å². The Kier molecular flexibility index (Phi) is 5.00. The molecule has 0 aliphatic rings. The second-order valence-electron chi connectivity index (χ2n) is 4.41. The lowest BCUT2D eigenvalue weighted by Crippen LogP contribution is -2.28. The van der Waals surface area contributed by atoms with Gasteiger partial charge in [-0.25, -0.2) is 5.43 Å². The summed E-state index contributed by atoms with van der Waals surface area (Å²) in [6.07, 6.45) is 0.984. The Hall–Kier alpha value is -1.56. The SMILES string of the molecule is CCc1ccsc1C(NN)c1cc(OC)cc(OC)c1. The van der Waals surface area contributed by atoms with E-state index in [4.69, 9.17) is 15.3 Å². The Balaban J connectivity index is 2.46. The van der Waals surface area contributed by atoms with Gasteiger partial charge >= 0.3 is 0 Å². The number of thiophene rings is 1. The monoisotopic (exact) mass is 292 g/mol. The molecule has 5 heteroatoms. The van der Waals surface area contributed by atoms with Crippen LogP contribution in [-0.4, -0.2) is 14.2 Å². The van der Waals surface area contributed by atoms with Crippen LogP contribution in [-0.2, 0) is 6.42 Å². The lowest BCUT2D eigenvalue weighted by Gasteiger charge is -2.18. The van der Waals surface area contributed by atoms with Crippen molar-refractivity contribution in [3.8, 4) is 11.5 Å². The molecule has 2 rings (SSSR count). The van der Waals surface area contributed by atoms with Crippen molar-refractivity contribution in [2.75, 3.05) is 14.2 Å². The molecule has 0 saturated carbocycles. The molecular formula is C15H20N2O2S. The molecule has 1 aromatic heterocycles. The number of hydrazine groups is 1. The van der Waals surface area contributed by atoms with Crippen molar-refractivity contribution in [3.63, 3.8) is 0 Å². The van der Waals surface area contributed by atoms with Gasteiger partial charge in [-0.15, -0.1) is 11.3 Å². The predicted octanol–water partition coefficient (Wildman–Crippen LogP) is 2.88. The molecule has 0 radical (unpaired) electrons. The molecule has 1 atom stereocenters. The van der Waals surface area contributed by atoms with E-state index in [2.05, 4.69) is 23.8 Å². The summed E-state index contributed by atoms with van der Waals surface area (Å²) in [4.78, 5) is 1.23. The fourth-order valence-electron chi connectivity index (χ4n) is 2.21. The molecule has 0 aliphatic heterocycles. The Morgan fingerprint density at radius 3 is 2.35 bits per heavy atom. The van der Waals surface area contributed by atoms with Gasteiger partial charge in [0.2, 0.25) is 0 Å². The van der Waals surface area contributed by atoms with Crippen LogP contribution < -0.4 is 20.7 Å². The van der Waals surface area contributed by atoms with E-state index in [0.29, 0.717) is 0 Å². The molecule has 2 aromatic rings. The molecule has 1 aromatic carbocycles. The van der Waals surface area contributed by atoms with Crippen molar-refractivity contribution in [1.82, 2.24) is 5.43 Å². The second kappa shape index (κ2) is 6.74. The predicted molar refractivity (Wildman–Crippen MR) is 82.4 cm³/mol. The second-order valence-corrected chi connectivity index (χ2v) is 5.36. The van der Waals surface area contributed by atoms with Crippen LogP contribution in [0, 0.1) is 0 Å². The third-order valence-electron chi connectivity index (χ3n) is 3.30. The number of hydrogen-bond donors (Lipinski definition) is 2. The van der Waals surface area contributed by atoms with E-state index in [0.717, 1.165) is 23.5 Å². The number of nitrogens with two attached hydrogens (primary N) is 1. The molecule has 20 heavy (non-hydrogen) atoms. The number of rotatable bonds is 6. The number of methoxy groups -OCH3 is 2. The summed E-state index contributed by atoms with van der Waals surface area (Å²) < 4.78 is 10.6. The Morgan fingerprint density at radius 2 is 1.85 bits per heavy atom. The first kappa shape index (κ1) is 14.8. The number of benzene rings is 1. The van der Waals surface area contributed by atoms with Gasteiger partial charge in [-0.05, 0) is 41.1 Å². The third-order valence-corrected chi connectivity index (χ3v) is 4.32. The Morgan fingerprint density at radius 1 is 1.20 bits per heavy atom. The molecule has 1 heterocycles. The summed E-state index contributed by atoms with van der Waals surface area (Å²) in [7, 11) is 3.29. The normalized spacial score (nSPS) is 12.2. The van der Waals surface area contributed by atoms with E-state index in [-0.39, 0.29) is 6.04 Å². The molecule has 0 fully saturated rings. The fourth-order valence-corrected chi connectivity index (χ4v) is 3.30. The average molecular weight is 292 g/mol. The van der Waals surface area contributed by atoms with Crippen molar-refractivity contribution in [1.29, 1.82) is 0 Å². The van der Waals surface area contributed by atoms with Crippen LogP contribution in [0.4, 0.5) is 0 Å². The first-order valence-electron chi connectivity index (χ1n) is 6.48. The molecule has 4 nitrogen and oxygen atoms in total. The number of nitrogens with one attached hydrogen (secondary N) is 1. The van der Waals surface area contributed by atoms with E-state index in [1.165, 1.54) is 10.4 Å². The molecule has 0 aliphatic carbocycles. The van der Waals surface area contributed by atoms with Crippen LogP contribution in [0.5, 0.6) is 11.5 Å². The van der Waals surface area contributed by atoms with Gasteiger partial charge in [-0.1, -0.05) is 6.92 Å². The topological polar surface area (TPSA) is 56.5 Å². The van der Waals surface area contributed by atoms with Crippen LogP contribution >= 0.6 is 11.3 Å². The van der Waals surface area contributed by atoms with Crippen LogP contribution in [0.2, 0.25) is 0 Å². The smallest absolute Gasteiger partial charge is 0.122 e. The van der Waals surface area contributed by atoms with Crippen molar-refractivity contribution < 1.29 is 9.47 Å². The summed E-state index contributed by atoms with van der Waals surface area (Å²) in [5.74, 6) is 7.29. The van der Waals surface area contributed by atoms with Crippen LogP contribution in [0.15, 0.2) is 29.6 Å². The molecular weight excluding hydrogens is 272 g/mol. The molecule has 3 N–H and O–H groups in total. The first-order chi connectivity index (χ1) is 9.73. The van der Waals surface area contributed by atoms with E-state index < -0.39 is 0 Å². The van der Waals surface area contributed by atoms with Crippen molar-refractivity contribution in [3.05, 3.63) is 45.6 Å². The lowest BCUT2D eigenvalue weighted by molar-refractivity contribution is 0.392. The van der Waals surface area contributed by atoms with E-state index >= 15 is 0 Å². The van der Waals surface area contributed by atoms with Gasteiger partial charge in [0.1, 0.15) is 11.5 Å². The van der Waals surface area contributed by atoms with E-state index in [9.17, 15) is 0 Å². The minimum Gasteiger partial charge on any atom is -0.497 e. The van der Waals surface area contributed by atoms with E-state index in [1.807, 2.05) is 18.2 Å². The van der Waals surface area contributed by atoms with Gasteiger partial charge in [0, 0.05) is 10.9 Å². The van der Waals surface area contributed by atoms with Gasteiger partial charge in [0.05, 0.1) is 20.3 Å². The lowest BCUT2D eigenvalue weighted by atomic mass is 10.0. The van der Waals surface area contributed by atoms with E-state index in [1.54, 1.807) is 25.6 Å². The summed E-state index contributed by atoms with van der Waals surface area (Å²) in [6, 6.07) is 7.89.